The average Bonchev–Trinajstić information content (AvgIpc) is 3.19. The van der Waals surface area contributed by atoms with E-state index in [0.29, 0.717) is 17.9 Å². The number of carbonyl (C=O) groups is 1. The molecule has 9 nitrogen and oxygen atoms in total. The molecule has 0 aromatic heterocycles. The summed E-state index contributed by atoms with van der Waals surface area (Å²) in [4.78, 5) is 11.9. The van der Waals surface area contributed by atoms with Crippen molar-refractivity contribution in [3.63, 3.8) is 0 Å². The van der Waals surface area contributed by atoms with Crippen molar-refractivity contribution in [3.05, 3.63) is 71.1 Å². The zero-order valence-electron chi connectivity index (χ0n) is 17.5. The van der Waals surface area contributed by atoms with Crippen LogP contribution in [0.25, 0.3) is 0 Å². The molecule has 31 heavy (non-hydrogen) atoms. The SMILES string of the molecule is C1COCCN1.Cc1ccc(NC2N=NC(NCc3ccc(O)cc3)=C2C(N)=O)cc1. The minimum absolute atomic E-state index is 0.198. The molecule has 1 unspecified atom stereocenters. The first-order valence-corrected chi connectivity index (χ1v) is 10.1. The third-order valence-electron chi connectivity index (χ3n) is 4.66. The maximum Gasteiger partial charge on any atom is 0.252 e. The van der Waals surface area contributed by atoms with Gasteiger partial charge in [0.2, 0.25) is 0 Å². The van der Waals surface area contributed by atoms with E-state index in [0.717, 1.165) is 43.1 Å². The third kappa shape index (κ3) is 6.80. The fourth-order valence-corrected chi connectivity index (χ4v) is 2.96. The van der Waals surface area contributed by atoms with E-state index in [9.17, 15) is 9.90 Å². The van der Waals surface area contributed by atoms with Crippen molar-refractivity contribution < 1.29 is 14.6 Å². The van der Waals surface area contributed by atoms with Crippen molar-refractivity contribution in [2.45, 2.75) is 19.6 Å². The molecule has 0 spiro atoms. The molecule has 9 heteroatoms. The summed E-state index contributed by atoms with van der Waals surface area (Å²) >= 11 is 0. The van der Waals surface area contributed by atoms with Crippen LogP contribution in [0.1, 0.15) is 11.1 Å². The van der Waals surface area contributed by atoms with Gasteiger partial charge in [-0.2, -0.15) is 5.11 Å². The van der Waals surface area contributed by atoms with Crippen molar-refractivity contribution in [3.8, 4) is 5.75 Å². The van der Waals surface area contributed by atoms with E-state index in [1.807, 2.05) is 31.2 Å². The van der Waals surface area contributed by atoms with Crippen LogP contribution in [0.15, 0.2) is 70.2 Å². The number of primary amides is 1. The number of hydrogen-bond acceptors (Lipinski definition) is 8. The van der Waals surface area contributed by atoms with Gasteiger partial charge >= 0.3 is 0 Å². The van der Waals surface area contributed by atoms with Gasteiger partial charge in [0.1, 0.15) is 11.3 Å². The quantitative estimate of drug-likeness (QED) is 0.482. The number of nitrogens with two attached hydrogens (primary N) is 1. The number of phenolic OH excluding ortho intramolecular Hbond substituents is 1. The van der Waals surface area contributed by atoms with Crippen LogP contribution in [0.3, 0.4) is 0 Å². The number of phenols is 1. The number of nitrogens with zero attached hydrogens (tertiary/aromatic N) is 2. The van der Waals surface area contributed by atoms with Crippen LogP contribution in [0.2, 0.25) is 0 Å². The van der Waals surface area contributed by atoms with Gasteiger partial charge in [-0.3, -0.25) is 4.79 Å². The summed E-state index contributed by atoms with van der Waals surface area (Å²) in [5.41, 5.74) is 8.70. The molecule has 1 fully saturated rings. The van der Waals surface area contributed by atoms with E-state index in [4.69, 9.17) is 10.5 Å². The first-order valence-electron chi connectivity index (χ1n) is 10.1. The van der Waals surface area contributed by atoms with Crippen LogP contribution in [-0.2, 0) is 16.1 Å². The Labute approximate surface area is 181 Å². The van der Waals surface area contributed by atoms with Crippen LogP contribution >= 0.6 is 0 Å². The normalized spacial score (nSPS) is 17.6. The second kappa shape index (κ2) is 11.1. The van der Waals surface area contributed by atoms with Crippen molar-refractivity contribution >= 4 is 11.6 Å². The number of morpholine rings is 1. The van der Waals surface area contributed by atoms with Gasteiger partial charge in [-0.15, -0.1) is 5.11 Å². The van der Waals surface area contributed by atoms with Crippen molar-refractivity contribution in [1.29, 1.82) is 0 Å². The third-order valence-corrected chi connectivity index (χ3v) is 4.66. The molecule has 2 aromatic rings. The minimum atomic E-state index is -0.623. The molecule has 2 aromatic carbocycles. The van der Waals surface area contributed by atoms with Crippen LogP contribution in [-0.4, -0.2) is 43.5 Å². The summed E-state index contributed by atoms with van der Waals surface area (Å²) in [7, 11) is 0. The summed E-state index contributed by atoms with van der Waals surface area (Å²) in [6.45, 7) is 6.27. The van der Waals surface area contributed by atoms with Gasteiger partial charge in [0.25, 0.3) is 5.91 Å². The van der Waals surface area contributed by atoms with E-state index in [1.54, 1.807) is 24.3 Å². The highest BCUT2D eigenvalue weighted by atomic mass is 16.5. The Balaban J connectivity index is 0.000000391. The Hall–Kier alpha value is -3.43. The van der Waals surface area contributed by atoms with Crippen molar-refractivity contribution in [2.75, 3.05) is 31.6 Å². The molecule has 4 rings (SSSR count). The fourth-order valence-electron chi connectivity index (χ4n) is 2.96. The number of nitrogens with one attached hydrogen (secondary N) is 3. The Bertz CT molecular complexity index is 910. The molecular weight excluding hydrogens is 396 g/mol. The van der Waals surface area contributed by atoms with E-state index in [-0.39, 0.29) is 5.75 Å². The van der Waals surface area contributed by atoms with Crippen LogP contribution in [0.4, 0.5) is 5.69 Å². The Morgan fingerprint density at radius 3 is 2.39 bits per heavy atom. The number of carbonyl (C=O) groups excluding carboxylic acids is 1. The monoisotopic (exact) mass is 424 g/mol. The topological polar surface area (TPSA) is 133 Å². The van der Waals surface area contributed by atoms with Crippen LogP contribution in [0.5, 0.6) is 5.75 Å². The molecule has 2 aliphatic rings. The molecule has 0 bridgehead atoms. The summed E-state index contributed by atoms with van der Waals surface area (Å²) in [6, 6.07) is 14.5. The smallest absolute Gasteiger partial charge is 0.252 e. The number of aryl methyl sites for hydroxylation is 1. The molecule has 2 aliphatic heterocycles. The molecule has 2 heterocycles. The molecule has 0 aliphatic carbocycles. The average molecular weight is 425 g/mol. The number of azo groups is 1. The van der Waals surface area contributed by atoms with Crippen LogP contribution in [0, 0.1) is 6.92 Å². The molecule has 1 atom stereocenters. The standard InChI is InChI=1S/C18H19N5O2.C4H9NO/c1-11-2-6-13(7-3-11)21-18-15(16(19)25)17(22-23-18)20-10-12-4-8-14(24)9-5-12;1-3-6-4-2-5-1/h2-9,18,20-21,24H,10H2,1H3,(H2,19,25);5H,1-4H2. The number of rotatable bonds is 6. The highest BCUT2D eigenvalue weighted by Crippen LogP contribution is 2.23. The maximum absolute atomic E-state index is 11.9. The van der Waals surface area contributed by atoms with Gasteiger partial charge in [0.05, 0.1) is 13.2 Å². The molecule has 0 radical (unpaired) electrons. The Kier molecular flexibility index (Phi) is 7.97. The first kappa shape index (κ1) is 22.3. The van der Waals surface area contributed by atoms with Gasteiger partial charge in [0, 0.05) is 25.3 Å². The lowest BCUT2D eigenvalue weighted by Crippen LogP contribution is -2.30. The lowest BCUT2D eigenvalue weighted by Gasteiger charge is -2.13. The Morgan fingerprint density at radius 2 is 1.84 bits per heavy atom. The highest BCUT2D eigenvalue weighted by Gasteiger charge is 2.28. The van der Waals surface area contributed by atoms with Gasteiger partial charge < -0.3 is 31.5 Å². The van der Waals surface area contributed by atoms with E-state index in [2.05, 4.69) is 26.2 Å². The first-order chi connectivity index (χ1) is 15.0. The minimum Gasteiger partial charge on any atom is -0.508 e. The molecule has 1 saturated heterocycles. The number of amides is 1. The molecule has 164 valence electrons. The summed E-state index contributed by atoms with van der Waals surface area (Å²) in [5, 5.41) is 26.8. The number of hydrogen-bond donors (Lipinski definition) is 5. The maximum atomic E-state index is 11.9. The van der Waals surface area contributed by atoms with E-state index >= 15 is 0 Å². The van der Waals surface area contributed by atoms with E-state index < -0.39 is 12.1 Å². The number of benzene rings is 2. The number of anilines is 1. The molecule has 1 amide bonds. The Morgan fingerprint density at radius 1 is 1.16 bits per heavy atom. The van der Waals surface area contributed by atoms with Crippen molar-refractivity contribution in [2.24, 2.45) is 16.0 Å². The second-order valence-corrected chi connectivity index (χ2v) is 7.14. The summed E-state index contributed by atoms with van der Waals surface area (Å²) in [5.74, 6) is -0.0308. The van der Waals surface area contributed by atoms with Gasteiger partial charge in [-0.05, 0) is 36.8 Å². The predicted octanol–water partition coefficient (Wildman–Crippen LogP) is 2.00. The summed E-state index contributed by atoms with van der Waals surface area (Å²) < 4.78 is 5.01. The van der Waals surface area contributed by atoms with Gasteiger partial charge in [0.15, 0.2) is 12.0 Å². The predicted molar refractivity (Wildman–Crippen MR) is 118 cm³/mol. The molecule has 0 saturated carbocycles. The fraction of sp³-hybridized carbons (Fsp3) is 0.318. The second-order valence-electron chi connectivity index (χ2n) is 7.14. The lowest BCUT2D eigenvalue weighted by atomic mass is 10.1. The number of aromatic hydroxyl groups is 1. The largest absolute Gasteiger partial charge is 0.508 e. The summed E-state index contributed by atoms with van der Waals surface area (Å²) in [6.07, 6.45) is -0.623. The zero-order chi connectivity index (χ0) is 22.1. The number of ether oxygens (including phenoxy) is 1. The van der Waals surface area contributed by atoms with Gasteiger partial charge in [-0.25, -0.2) is 0 Å². The van der Waals surface area contributed by atoms with Crippen LogP contribution < -0.4 is 21.7 Å². The zero-order valence-corrected chi connectivity index (χ0v) is 17.5. The molecule has 6 N–H and O–H groups in total. The molecular formula is C22H28N6O3. The highest BCUT2D eigenvalue weighted by molar-refractivity contribution is 5.94. The van der Waals surface area contributed by atoms with E-state index in [1.165, 1.54) is 0 Å². The van der Waals surface area contributed by atoms with Crippen molar-refractivity contribution in [1.82, 2.24) is 10.6 Å². The lowest BCUT2D eigenvalue weighted by molar-refractivity contribution is -0.114. The van der Waals surface area contributed by atoms with Gasteiger partial charge in [-0.1, -0.05) is 29.8 Å².